The normalized spacial score (nSPS) is 11.7. The van der Waals surface area contributed by atoms with Crippen LogP contribution in [0.3, 0.4) is 0 Å². The summed E-state index contributed by atoms with van der Waals surface area (Å²) in [6.07, 6.45) is 7.12. The summed E-state index contributed by atoms with van der Waals surface area (Å²) in [5, 5.41) is 3.03. The minimum Gasteiger partial charge on any atom is -0.318 e. The Balaban J connectivity index is 0.000000690. The Kier molecular flexibility index (Phi) is 11.9. The molecule has 0 aliphatic heterocycles. The van der Waals surface area contributed by atoms with Gasteiger partial charge in [-0.05, 0) is 37.4 Å². The largest absolute Gasteiger partial charge is 0.318 e. The van der Waals surface area contributed by atoms with Gasteiger partial charge in [-0.3, -0.25) is 4.79 Å². The molecule has 1 unspecified atom stereocenters. The zero-order valence-corrected chi connectivity index (χ0v) is 14.5. The second-order valence-electron chi connectivity index (χ2n) is 5.91. The predicted molar refractivity (Wildman–Crippen MR) is 93.0 cm³/mol. The van der Waals surface area contributed by atoms with Crippen LogP contribution in [0.4, 0.5) is 0 Å². The van der Waals surface area contributed by atoms with Crippen molar-refractivity contribution in [2.75, 3.05) is 7.05 Å². The molecule has 120 valence electrons. The first-order chi connectivity index (χ1) is 10.1. The van der Waals surface area contributed by atoms with Crippen LogP contribution in [-0.2, 0) is 6.42 Å². The summed E-state index contributed by atoms with van der Waals surface area (Å²) in [7, 11) is 1.95. The van der Waals surface area contributed by atoms with Gasteiger partial charge in [-0.15, -0.1) is 0 Å². The zero-order valence-electron chi connectivity index (χ0n) is 14.5. The smallest absolute Gasteiger partial charge is 0.150 e. The van der Waals surface area contributed by atoms with Gasteiger partial charge in [0, 0.05) is 11.6 Å². The van der Waals surface area contributed by atoms with Gasteiger partial charge in [-0.1, -0.05) is 65.2 Å². The van der Waals surface area contributed by atoms with E-state index in [2.05, 4.69) is 39.1 Å². The molecule has 0 radical (unpaired) electrons. The third kappa shape index (κ3) is 10.3. The number of rotatable bonds is 8. The van der Waals surface area contributed by atoms with Gasteiger partial charge >= 0.3 is 0 Å². The minimum absolute atomic E-state index is 0.634. The maximum Gasteiger partial charge on any atom is 0.150 e. The molecule has 0 heterocycles. The topological polar surface area (TPSA) is 29.1 Å². The third-order valence-corrected chi connectivity index (χ3v) is 3.78. The van der Waals surface area contributed by atoms with E-state index in [4.69, 9.17) is 0 Å². The number of carbonyl (C=O) groups excluding carboxylic acids is 1. The molecular weight excluding hydrogens is 258 g/mol. The first-order valence-electron chi connectivity index (χ1n) is 8.28. The minimum atomic E-state index is 0.634. The van der Waals surface area contributed by atoms with Gasteiger partial charge in [0.25, 0.3) is 0 Å². The van der Waals surface area contributed by atoms with E-state index in [0.717, 1.165) is 24.2 Å². The summed E-state index contributed by atoms with van der Waals surface area (Å²) in [6.45, 7) is 8.73. The fourth-order valence-corrected chi connectivity index (χ4v) is 2.15. The lowest BCUT2D eigenvalue weighted by Crippen LogP contribution is -2.15. The van der Waals surface area contributed by atoms with E-state index in [0.29, 0.717) is 6.04 Å². The fourth-order valence-electron chi connectivity index (χ4n) is 2.15. The maximum absolute atomic E-state index is 10.7. The van der Waals surface area contributed by atoms with Crippen LogP contribution in [0.25, 0.3) is 0 Å². The van der Waals surface area contributed by atoms with Gasteiger partial charge < -0.3 is 5.32 Å². The van der Waals surface area contributed by atoms with E-state index >= 15 is 0 Å². The molecule has 1 rings (SSSR count). The van der Waals surface area contributed by atoms with Gasteiger partial charge in [0.1, 0.15) is 6.29 Å². The zero-order chi connectivity index (χ0) is 16.1. The summed E-state index contributed by atoms with van der Waals surface area (Å²) in [4.78, 5) is 10.7. The summed E-state index contributed by atoms with van der Waals surface area (Å²) in [6, 6.07) is 8.59. The molecule has 0 amide bonds. The maximum atomic E-state index is 10.7. The standard InChI is InChI=1S/C15H22O.C4H11N/c1-3-6-13(4-2)9-10-14-7-5-8-15(11-14)12-16;1-4(2)5-3/h5,7-8,11-13H,3-4,6,9-10H2,1-2H3;4-5H,1-3H3. The molecule has 1 atom stereocenters. The highest BCUT2D eigenvalue weighted by Crippen LogP contribution is 2.18. The molecule has 0 aliphatic rings. The number of benzene rings is 1. The summed E-state index contributed by atoms with van der Waals surface area (Å²) in [5.74, 6) is 0.838. The molecule has 1 N–H and O–H groups in total. The van der Waals surface area contributed by atoms with E-state index < -0.39 is 0 Å². The Morgan fingerprint density at radius 3 is 2.33 bits per heavy atom. The molecule has 21 heavy (non-hydrogen) atoms. The Bertz CT molecular complexity index is 374. The Hall–Kier alpha value is -1.15. The van der Waals surface area contributed by atoms with Crippen molar-refractivity contribution in [2.24, 2.45) is 5.92 Å². The first-order valence-corrected chi connectivity index (χ1v) is 8.28. The van der Waals surface area contributed by atoms with Crippen LogP contribution in [0.5, 0.6) is 0 Å². The van der Waals surface area contributed by atoms with Crippen molar-refractivity contribution in [3.05, 3.63) is 35.4 Å². The highest BCUT2D eigenvalue weighted by molar-refractivity contribution is 5.74. The first kappa shape index (κ1) is 19.9. The van der Waals surface area contributed by atoms with Crippen molar-refractivity contribution < 1.29 is 4.79 Å². The van der Waals surface area contributed by atoms with Gasteiger partial charge in [0.05, 0.1) is 0 Å². The second-order valence-corrected chi connectivity index (χ2v) is 5.91. The average Bonchev–Trinajstić information content (AvgIpc) is 2.52. The fraction of sp³-hybridized carbons (Fsp3) is 0.632. The highest BCUT2D eigenvalue weighted by atomic mass is 16.1. The van der Waals surface area contributed by atoms with Crippen LogP contribution in [-0.4, -0.2) is 19.4 Å². The van der Waals surface area contributed by atoms with Crippen LogP contribution < -0.4 is 5.32 Å². The van der Waals surface area contributed by atoms with Crippen molar-refractivity contribution >= 4 is 6.29 Å². The summed E-state index contributed by atoms with van der Waals surface area (Å²) < 4.78 is 0. The third-order valence-electron chi connectivity index (χ3n) is 3.78. The second kappa shape index (κ2) is 12.6. The molecule has 0 saturated heterocycles. The molecule has 0 fully saturated rings. The van der Waals surface area contributed by atoms with Crippen molar-refractivity contribution in [1.29, 1.82) is 0 Å². The average molecular weight is 291 g/mol. The SMILES string of the molecule is CCCC(CC)CCc1cccc(C=O)c1.CNC(C)C. The molecule has 0 aliphatic carbocycles. The number of aryl methyl sites for hydroxylation is 1. The van der Waals surface area contributed by atoms with Crippen LogP contribution >= 0.6 is 0 Å². The van der Waals surface area contributed by atoms with Crippen LogP contribution in [0.2, 0.25) is 0 Å². The van der Waals surface area contributed by atoms with E-state index in [1.54, 1.807) is 0 Å². The number of aldehydes is 1. The number of hydrogen-bond acceptors (Lipinski definition) is 2. The van der Waals surface area contributed by atoms with Crippen molar-refractivity contribution in [1.82, 2.24) is 5.32 Å². The van der Waals surface area contributed by atoms with Crippen LogP contribution in [0.1, 0.15) is 69.3 Å². The van der Waals surface area contributed by atoms with Gasteiger partial charge in [-0.25, -0.2) is 0 Å². The Labute approximate surface area is 131 Å². The Morgan fingerprint density at radius 2 is 1.86 bits per heavy atom. The lowest BCUT2D eigenvalue weighted by Gasteiger charge is -2.13. The molecule has 0 spiro atoms. The predicted octanol–water partition coefficient (Wildman–Crippen LogP) is 4.87. The van der Waals surface area contributed by atoms with E-state index in [9.17, 15) is 4.79 Å². The molecule has 0 aromatic heterocycles. The number of nitrogens with one attached hydrogen (secondary N) is 1. The van der Waals surface area contributed by atoms with E-state index in [1.165, 1.54) is 31.2 Å². The lowest BCUT2D eigenvalue weighted by atomic mass is 9.93. The molecular formula is C19H33NO. The summed E-state index contributed by atoms with van der Waals surface area (Å²) >= 11 is 0. The quantitative estimate of drug-likeness (QED) is 0.692. The Morgan fingerprint density at radius 1 is 1.19 bits per heavy atom. The molecule has 0 saturated carbocycles. The summed E-state index contributed by atoms with van der Waals surface area (Å²) in [5.41, 5.74) is 2.08. The van der Waals surface area contributed by atoms with Gasteiger partial charge in [0.2, 0.25) is 0 Å². The van der Waals surface area contributed by atoms with E-state index in [1.807, 2.05) is 25.2 Å². The lowest BCUT2D eigenvalue weighted by molar-refractivity contribution is 0.112. The molecule has 2 heteroatoms. The number of hydrogen-bond donors (Lipinski definition) is 1. The molecule has 1 aromatic carbocycles. The highest BCUT2D eigenvalue weighted by Gasteiger charge is 2.05. The van der Waals surface area contributed by atoms with Crippen molar-refractivity contribution in [2.45, 2.75) is 65.8 Å². The van der Waals surface area contributed by atoms with Crippen molar-refractivity contribution in [3.8, 4) is 0 Å². The van der Waals surface area contributed by atoms with Crippen molar-refractivity contribution in [3.63, 3.8) is 0 Å². The monoisotopic (exact) mass is 291 g/mol. The van der Waals surface area contributed by atoms with Crippen LogP contribution in [0, 0.1) is 5.92 Å². The molecule has 0 bridgehead atoms. The van der Waals surface area contributed by atoms with Gasteiger partial charge in [-0.2, -0.15) is 0 Å². The van der Waals surface area contributed by atoms with Crippen LogP contribution in [0.15, 0.2) is 24.3 Å². The van der Waals surface area contributed by atoms with Gasteiger partial charge in [0.15, 0.2) is 0 Å². The number of carbonyl (C=O) groups is 1. The molecule has 2 nitrogen and oxygen atoms in total. The van der Waals surface area contributed by atoms with E-state index in [-0.39, 0.29) is 0 Å². The molecule has 1 aromatic rings.